The van der Waals surface area contributed by atoms with Gasteiger partial charge in [-0.2, -0.15) is 0 Å². The van der Waals surface area contributed by atoms with E-state index in [1.807, 2.05) is 30.3 Å². The average molecular weight is 417 g/mol. The minimum Gasteiger partial charge on any atom is -0.497 e. The van der Waals surface area contributed by atoms with Crippen molar-refractivity contribution < 1.29 is 23.6 Å². The lowest BCUT2D eigenvalue weighted by atomic mass is 10.1. The van der Waals surface area contributed by atoms with E-state index in [0.29, 0.717) is 28.2 Å². The standard InChI is InChI=1S/C23H19N3O5/c1-14-21-18(12-19(25-22(21)31-26-14)15-7-4-3-5-8-15)23(28)30-13-20(27)24-16-9-6-10-17(11-16)29-2/h3-12H,13H2,1-2H3,(H,24,27). The predicted molar refractivity (Wildman–Crippen MR) is 114 cm³/mol. The molecule has 0 aliphatic carbocycles. The third kappa shape index (κ3) is 4.37. The second-order valence-corrected chi connectivity index (χ2v) is 6.73. The number of ether oxygens (including phenoxy) is 2. The SMILES string of the molecule is COc1cccc(NC(=O)COC(=O)c2cc(-c3ccccc3)nc3onc(C)c23)c1. The summed E-state index contributed by atoms with van der Waals surface area (Å²) in [5.74, 6) is -0.542. The summed E-state index contributed by atoms with van der Waals surface area (Å²) in [4.78, 5) is 29.5. The first-order valence-electron chi connectivity index (χ1n) is 9.48. The molecule has 0 bridgehead atoms. The molecule has 8 nitrogen and oxygen atoms in total. The number of nitrogens with one attached hydrogen (secondary N) is 1. The zero-order chi connectivity index (χ0) is 21.8. The van der Waals surface area contributed by atoms with Gasteiger partial charge >= 0.3 is 5.97 Å². The molecule has 2 heterocycles. The Morgan fingerprint density at radius 2 is 1.87 bits per heavy atom. The molecular weight excluding hydrogens is 398 g/mol. The van der Waals surface area contributed by atoms with Crippen LogP contribution in [0.2, 0.25) is 0 Å². The molecule has 4 rings (SSSR count). The number of benzene rings is 2. The third-order valence-corrected chi connectivity index (χ3v) is 4.59. The monoisotopic (exact) mass is 417 g/mol. The fraction of sp³-hybridized carbons (Fsp3) is 0.130. The summed E-state index contributed by atoms with van der Waals surface area (Å²) in [5.41, 5.74) is 2.85. The Hall–Kier alpha value is -4.20. The zero-order valence-electron chi connectivity index (χ0n) is 16.9. The summed E-state index contributed by atoms with van der Waals surface area (Å²) in [7, 11) is 1.54. The van der Waals surface area contributed by atoms with Gasteiger partial charge in [0.2, 0.25) is 0 Å². The highest BCUT2D eigenvalue weighted by atomic mass is 16.5. The minimum atomic E-state index is -0.670. The molecule has 0 aliphatic rings. The maximum atomic E-state index is 12.8. The molecule has 1 amide bonds. The predicted octanol–water partition coefficient (Wildman–Crippen LogP) is 4.00. The van der Waals surface area contributed by atoms with Crippen molar-refractivity contribution in [3.8, 4) is 17.0 Å². The number of hydrogen-bond donors (Lipinski definition) is 1. The average Bonchev–Trinajstić information content (AvgIpc) is 3.18. The third-order valence-electron chi connectivity index (χ3n) is 4.59. The summed E-state index contributed by atoms with van der Waals surface area (Å²) in [6.07, 6.45) is 0. The van der Waals surface area contributed by atoms with Gasteiger partial charge < -0.3 is 19.3 Å². The van der Waals surface area contributed by atoms with Gasteiger partial charge in [0, 0.05) is 17.3 Å². The Labute approximate surface area is 177 Å². The lowest BCUT2D eigenvalue weighted by Gasteiger charge is -2.09. The second kappa shape index (κ2) is 8.66. The number of rotatable bonds is 6. The van der Waals surface area contributed by atoms with Crippen molar-refractivity contribution in [1.82, 2.24) is 10.1 Å². The molecule has 0 spiro atoms. The number of esters is 1. The smallest absolute Gasteiger partial charge is 0.339 e. The van der Waals surface area contributed by atoms with Crippen LogP contribution in [0.4, 0.5) is 5.69 Å². The van der Waals surface area contributed by atoms with E-state index in [1.165, 1.54) is 7.11 Å². The van der Waals surface area contributed by atoms with Crippen LogP contribution in [-0.4, -0.2) is 35.7 Å². The van der Waals surface area contributed by atoms with Crippen LogP contribution in [0.3, 0.4) is 0 Å². The van der Waals surface area contributed by atoms with Gasteiger partial charge in [-0.15, -0.1) is 0 Å². The molecule has 8 heteroatoms. The molecule has 0 saturated heterocycles. The summed E-state index contributed by atoms with van der Waals surface area (Å²) < 4.78 is 15.7. The fourth-order valence-corrected chi connectivity index (χ4v) is 3.12. The van der Waals surface area contributed by atoms with Crippen LogP contribution in [-0.2, 0) is 9.53 Å². The molecule has 4 aromatic rings. The number of aromatic nitrogens is 2. The minimum absolute atomic E-state index is 0.228. The maximum Gasteiger partial charge on any atom is 0.339 e. The number of amides is 1. The number of methoxy groups -OCH3 is 1. The fourth-order valence-electron chi connectivity index (χ4n) is 3.12. The molecule has 0 saturated carbocycles. The van der Waals surface area contributed by atoms with E-state index < -0.39 is 18.5 Å². The molecule has 156 valence electrons. The van der Waals surface area contributed by atoms with E-state index in [4.69, 9.17) is 14.0 Å². The molecular formula is C23H19N3O5. The maximum absolute atomic E-state index is 12.8. The van der Waals surface area contributed by atoms with Gasteiger partial charge in [-0.25, -0.2) is 9.78 Å². The number of carbonyl (C=O) groups is 2. The van der Waals surface area contributed by atoms with Gasteiger partial charge in [0.05, 0.1) is 29.4 Å². The molecule has 0 atom stereocenters. The van der Waals surface area contributed by atoms with Crippen LogP contribution in [0.25, 0.3) is 22.4 Å². The lowest BCUT2D eigenvalue weighted by Crippen LogP contribution is -2.21. The number of carbonyl (C=O) groups excluding carboxylic acids is 2. The summed E-state index contributed by atoms with van der Waals surface area (Å²) >= 11 is 0. The first kappa shape index (κ1) is 20.1. The van der Waals surface area contributed by atoms with E-state index in [0.717, 1.165) is 5.56 Å². The zero-order valence-corrected chi connectivity index (χ0v) is 16.9. The van der Waals surface area contributed by atoms with Crippen molar-refractivity contribution in [3.63, 3.8) is 0 Å². The highest BCUT2D eigenvalue weighted by Gasteiger charge is 2.21. The molecule has 2 aromatic carbocycles. The van der Waals surface area contributed by atoms with E-state index in [-0.39, 0.29) is 11.3 Å². The van der Waals surface area contributed by atoms with Gasteiger partial charge in [-0.05, 0) is 25.1 Å². The van der Waals surface area contributed by atoms with Crippen LogP contribution >= 0.6 is 0 Å². The van der Waals surface area contributed by atoms with Gasteiger partial charge in [-0.1, -0.05) is 41.6 Å². The van der Waals surface area contributed by atoms with Crippen LogP contribution in [0.15, 0.2) is 65.2 Å². The second-order valence-electron chi connectivity index (χ2n) is 6.73. The van der Waals surface area contributed by atoms with Gasteiger partial charge in [0.25, 0.3) is 11.6 Å². The highest BCUT2D eigenvalue weighted by molar-refractivity contribution is 6.05. The highest BCUT2D eigenvalue weighted by Crippen LogP contribution is 2.27. The van der Waals surface area contributed by atoms with Crippen LogP contribution in [0.1, 0.15) is 16.1 Å². The van der Waals surface area contributed by atoms with Crippen molar-refractivity contribution in [3.05, 3.63) is 71.9 Å². The Kier molecular flexibility index (Phi) is 5.61. The van der Waals surface area contributed by atoms with Gasteiger partial charge in [0.1, 0.15) is 5.75 Å². The summed E-state index contributed by atoms with van der Waals surface area (Å²) in [5, 5.41) is 7.03. The van der Waals surface area contributed by atoms with E-state index >= 15 is 0 Å². The molecule has 0 fully saturated rings. The Morgan fingerprint density at radius 1 is 1.06 bits per heavy atom. The van der Waals surface area contributed by atoms with Gasteiger partial charge in [0.15, 0.2) is 6.61 Å². The molecule has 2 aromatic heterocycles. The van der Waals surface area contributed by atoms with E-state index in [2.05, 4.69) is 15.5 Å². The van der Waals surface area contributed by atoms with E-state index in [9.17, 15) is 9.59 Å². The molecule has 0 aliphatic heterocycles. The number of pyridine rings is 1. The molecule has 0 unspecified atom stereocenters. The largest absolute Gasteiger partial charge is 0.497 e. The quantitative estimate of drug-likeness (QED) is 0.473. The van der Waals surface area contributed by atoms with Crippen molar-refractivity contribution in [2.75, 3.05) is 19.0 Å². The number of hydrogen-bond acceptors (Lipinski definition) is 7. The van der Waals surface area contributed by atoms with Crippen molar-refractivity contribution in [2.24, 2.45) is 0 Å². The van der Waals surface area contributed by atoms with Crippen molar-refractivity contribution >= 4 is 28.7 Å². The molecule has 31 heavy (non-hydrogen) atoms. The topological polar surface area (TPSA) is 104 Å². The van der Waals surface area contributed by atoms with Crippen LogP contribution < -0.4 is 10.1 Å². The molecule has 0 radical (unpaired) electrons. The van der Waals surface area contributed by atoms with Gasteiger partial charge in [-0.3, -0.25) is 4.79 Å². The number of aryl methyl sites for hydroxylation is 1. The first-order chi connectivity index (χ1) is 15.0. The van der Waals surface area contributed by atoms with Crippen molar-refractivity contribution in [1.29, 1.82) is 0 Å². The lowest BCUT2D eigenvalue weighted by molar-refractivity contribution is -0.119. The Balaban J connectivity index is 1.54. The Bertz CT molecular complexity index is 1250. The van der Waals surface area contributed by atoms with E-state index in [1.54, 1.807) is 37.3 Å². The number of anilines is 1. The number of nitrogens with zero attached hydrogens (tertiary/aromatic N) is 2. The normalized spacial score (nSPS) is 10.6. The Morgan fingerprint density at radius 3 is 2.65 bits per heavy atom. The summed E-state index contributed by atoms with van der Waals surface area (Å²) in [6.45, 7) is 1.26. The summed E-state index contributed by atoms with van der Waals surface area (Å²) in [6, 6.07) is 17.9. The first-order valence-corrected chi connectivity index (χ1v) is 9.48. The van der Waals surface area contributed by atoms with Crippen LogP contribution in [0, 0.1) is 6.92 Å². The van der Waals surface area contributed by atoms with Crippen molar-refractivity contribution in [2.45, 2.75) is 6.92 Å². The molecule has 1 N–H and O–H groups in total. The van der Waals surface area contributed by atoms with Crippen LogP contribution in [0.5, 0.6) is 5.75 Å². The number of fused-ring (bicyclic) bond motifs is 1.